The van der Waals surface area contributed by atoms with Crippen LogP contribution >= 0.6 is 40.3 Å². The third-order valence-electron chi connectivity index (χ3n) is 3.66. The Morgan fingerprint density at radius 1 is 0.958 bits per heavy atom. The Hall–Kier alpha value is -1.63. The maximum absolute atomic E-state index is 5.96. The molecule has 0 N–H and O–H groups in total. The van der Waals surface area contributed by atoms with Crippen LogP contribution < -0.4 is 0 Å². The Bertz CT molecular complexity index is 888. The number of rotatable bonds is 2. The number of thioether (sulfide) groups is 1. The van der Waals surface area contributed by atoms with Crippen molar-refractivity contribution in [2.45, 2.75) is 12.1 Å². The fourth-order valence-electron chi connectivity index (χ4n) is 2.39. The second-order valence-electron chi connectivity index (χ2n) is 5.33. The quantitative estimate of drug-likeness (QED) is 0.594. The fourth-order valence-corrected chi connectivity index (χ4v) is 3.36. The lowest BCUT2D eigenvalue weighted by atomic mass is 10.1. The van der Waals surface area contributed by atoms with E-state index in [1.807, 2.05) is 41.1 Å². The minimum Gasteiger partial charge on any atom is -0.187 e. The van der Waals surface area contributed by atoms with Gasteiger partial charge in [-0.25, -0.2) is 0 Å². The number of fused-ring (bicyclic) bond motifs is 1. The normalized spacial score (nSPS) is 13.0. The molecule has 1 aromatic heterocycles. The molecule has 0 fully saturated rings. The minimum absolute atomic E-state index is 0. The van der Waals surface area contributed by atoms with Crippen LogP contribution in [0.4, 0.5) is 0 Å². The van der Waals surface area contributed by atoms with Crippen molar-refractivity contribution in [1.82, 2.24) is 14.9 Å². The van der Waals surface area contributed by atoms with E-state index in [9.17, 15) is 0 Å². The summed E-state index contributed by atoms with van der Waals surface area (Å²) < 4.78 is 1.82. The number of hydrogen-bond acceptors (Lipinski definition) is 4. The molecule has 0 amide bonds. The standard InChI is InChI=1S/C17H13ClN4S.BrH/c1-11-2-4-13(5-3-11)16-19-20-17-22(16)21-15(10-23-17)12-6-8-14(18)9-7-12;/h2-9H,10H2,1H3;1H. The van der Waals surface area contributed by atoms with Crippen molar-refractivity contribution >= 4 is 46.1 Å². The van der Waals surface area contributed by atoms with Crippen molar-refractivity contribution in [2.75, 3.05) is 5.75 Å². The van der Waals surface area contributed by atoms with Crippen molar-refractivity contribution in [3.8, 4) is 11.4 Å². The molecular weight excluding hydrogens is 408 g/mol. The van der Waals surface area contributed by atoms with E-state index in [1.165, 1.54) is 5.56 Å². The molecule has 0 saturated carbocycles. The van der Waals surface area contributed by atoms with E-state index in [1.54, 1.807) is 11.8 Å². The summed E-state index contributed by atoms with van der Waals surface area (Å²) in [6.07, 6.45) is 0. The molecule has 3 aromatic rings. The van der Waals surface area contributed by atoms with Crippen molar-refractivity contribution in [2.24, 2.45) is 5.10 Å². The Morgan fingerprint density at radius 3 is 2.33 bits per heavy atom. The van der Waals surface area contributed by atoms with Crippen LogP contribution in [0.5, 0.6) is 0 Å². The third kappa shape index (κ3) is 3.27. The number of nitrogens with zero attached hydrogens (tertiary/aromatic N) is 4. The Kier molecular flexibility index (Phi) is 5.08. The smallest absolute Gasteiger partial charge is 0.187 e. The molecular formula is C17H14BrClN4S. The van der Waals surface area contributed by atoms with E-state index >= 15 is 0 Å². The van der Waals surface area contributed by atoms with Crippen molar-refractivity contribution in [1.29, 1.82) is 0 Å². The molecule has 1 aliphatic heterocycles. The molecule has 0 atom stereocenters. The van der Waals surface area contributed by atoms with Gasteiger partial charge in [0.05, 0.1) is 5.71 Å². The van der Waals surface area contributed by atoms with E-state index < -0.39 is 0 Å². The van der Waals surface area contributed by atoms with Crippen LogP contribution in [0.2, 0.25) is 5.02 Å². The zero-order chi connectivity index (χ0) is 15.8. The topological polar surface area (TPSA) is 43.1 Å². The molecule has 2 heterocycles. The first-order valence-corrected chi connectivity index (χ1v) is 8.56. The molecule has 0 bridgehead atoms. The van der Waals surface area contributed by atoms with E-state index in [0.29, 0.717) is 0 Å². The summed E-state index contributed by atoms with van der Waals surface area (Å²) >= 11 is 7.60. The van der Waals surface area contributed by atoms with E-state index in [-0.39, 0.29) is 17.0 Å². The van der Waals surface area contributed by atoms with Gasteiger partial charge in [0.1, 0.15) is 0 Å². The lowest BCUT2D eigenvalue weighted by Gasteiger charge is -2.14. The molecule has 0 saturated heterocycles. The van der Waals surface area contributed by atoms with Crippen LogP contribution in [0.3, 0.4) is 0 Å². The zero-order valence-electron chi connectivity index (χ0n) is 12.8. The molecule has 2 aromatic carbocycles. The molecule has 4 rings (SSSR count). The van der Waals surface area contributed by atoms with Crippen LogP contribution in [-0.2, 0) is 0 Å². The molecule has 0 unspecified atom stereocenters. The summed E-state index contributed by atoms with van der Waals surface area (Å²) in [4.78, 5) is 0. The highest BCUT2D eigenvalue weighted by atomic mass is 79.9. The summed E-state index contributed by atoms with van der Waals surface area (Å²) in [5.74, 6) is 1.53. The van der Waals surface area contributed by atoms with Crippen molar-refractivity contribution in [3.63, 3.8) is 0 Å². The first-order valence-electron chi connectivity index (χ1n) is 7.20. The van der Waals surface area contributed by atoms with Gasteiger partial charge >= 0.3 is 0 Å². The first-order chi connectivity index (χ1) is 11.2. The highest BCUT2D eigenvalue weighted by Gasteiger charge is 2.20. The van der Waals surface area contributed by atoms with Crippen LogP contribution in [0, 0.1) is 6.92 Å². The second-order valence-corrected chi connectivity index (χ2v) is 6.71. The van der Waals surface area contributed by atoms with Gasteiger partial charge in [-0.2, -0.15) is 9.78 Å². The molecule has 4 nitrogen and oxygen atoms in total. The van der Waals surface area contributed by atoms with Crippen LogP contribution in [-0.4, -0.2) is 26.3 Å². The van der Waals surface area contributed by atoms with Crippen molar-refractivity contribution in [3.05, 3.63) is 64.7 Å². The monoisotopic (exact) mass is 420 g/mol. The Morgan fingerprint density at radius 2 is 1.62 bits per heavy atom. The zero-order valence-corrected chi connectivity index (χ0v) is 16.1. The number of aryl methyl sites for hydroxylation is 1. The van der Waals surface area contributed by atoms with E-state index in [4.69, 9.17) is 16.7 Å². The van der Waals surface area contributed by atoms with Gasteiger partial charge in [-0.3, -0.25) is 0 Å². The molecule has 1 aliphatic rings. The summed E-state index contributed by atoms with van der Waals surface area (Å²) in [6, 6.07) is 16.0. The van der Waals surface area contributed by atoms with Gasteiger partial charge in [0.25, 0.3) is 0 Å². The van der Waals surface area contributed by atoms with Gasteiger partial charge < -0.3 is 0 Å². The third-order valence-corrected chi connectivity index (χ3v) is 4.84. The van der Waals surface area contributed by atoms with Gasteiger partial charge in [0.2, 0.25) is 5.16 Å². The molecule has 0 aliphatic carbocycles. The predicted octanol–water partition coefficient (Wildman–Crippen LogP) is 4.84. The molecule has 24 heavy (non-hydrogen) atoms. The second kappa shape index (κ2) is 7.09. The maximum atomic E-state index is 5.96. The Labute approximate surface area is 159 Å². The fraction of sp³-hybridized carbons (Fsp3) is 0.118. The Balaban J connectivity index is 0.00000169. The number of aromatic nitrogens is 3. The molecule has 7 heteroatoms. The molecule has 0 spiro atoms. The number of hydrogen-bond donors (Lipinski definition) is 0. The lowest BCUT2D eigenvalue weighted by molar-refractivity contribution is 0.762. The summed E-state index contributed by atoms with van der Waals surface area (Å²) in [5.41, 5.74) is 4.28. The highest BCUT2D eigenvalue weighted by Crippen LogP contribution is 2.28. The van der Waals surface area contributed by atoms with Gasteiger partial charge in [0, 0.05) is 16.3 Å². The average Bonchev–Trinajstić information content (AvgIpc) is 2.99. The largest absolute Gasteiger partial charge is 0.212 e. The van der Waals surface area contributed by atoms with Crippen LogP contribution in [0.1, 0.15) is 11.1 Å². The van der Waals surface area contributed by atoms with Gasteiger partial charge in [-0.15, -0.1) is 27.2 Å². The molecule has 0 radical (unpaired) electrons. The van der Waals surface area contributed by atoms with E-state index in [0.717, 1.165) is 38.6 Å². The average molecular weight is 422 g/mol. The van der Waals surface area contributed by atoms with E-state index in [2.05, 4.69) is 29.3 Å². The number of benzene rings is 2. The summed E-state index contributed by atoms with van der Waals surface area (Å²) in [6.45, 7) is 2.07. The first kappa shape index (κ1) is 17.2. The maximum Gasteiger partial charge on any atom is 0.212 e. The van der Waals surface area contributed by atoms with Gasteiger partial charge in [0.15, 0.2) is 5.82 Å². The summed E-state index contributed by atoms with van der Waals surface area (Å²) in [5, 5.41) is 14.8. The van der Waals surface area contributed by atoms with Crippen LogP contribution in [0.25, 0.3) is 11.4 Å². The van der Waals surface area contributed by atoms with Gasteiger partial charge in [-0.05, 0) is 24.6 Å². The highest BCUT2D eigenvalue weighted by molar-refractivity contribution is 8.93. The van der Waals surface area contributed by atoms with Crippen molar-refractivity contribution < 1.29 is 0 Å². The lowest BCUT2D eigenvalue weighted by Crippen LogP contribution is -2.13. The molecule has 122 valence electrons. The minimum atomic E-state index is 0. The summed E-state index contributed by atoms with van der Waals surface area (Å²) in [7, 11) is 0. The van der Waals surface area contributed by atoms with Gasteiger partial charge in [-0.1, -0.05) is 65.3 Å². The SMILES string of the molecule is Br.Cc1ccc(-c2nnc3n2N=C(c2ccc(Cl)cc2)CS3)cc1. The van der Waals surface area contributed by atoms with Crippen LogP contribution in [0.15, 0.2) is 58.8 Å². The number of halogens is 2. The predicted molar refractivity (Wildman–Crippen MR) is 105 cm³/mol.